The average molecular weight is 326 g/mol. The standard InChI is InChI=1S/C18H22N4O2/c1-13-10-16(21-14(2)20-13)17-12-22(8-9-24-17)18(23)6-5-15-4-3-7-19-11-15/h3-4,7,10-11,17H,5-6,8-9,12H2,1-2H3/t17-/m1/s1. The van der Waals surface area contributed by atoms with Crippen LogP contribution in [0.2, 0.25) is 0 Å². The van der Waals surface area contributed by atoms with Crippen LogP contribution < -0.4 is 0 Å². The Morgan fingerprint density at radius 2 is 2.25 bits per heavy atom. The first kappa shape index (κ1) is 16.5. The molecule has 1 fully saturated rings. The molecule has 0 N–H and O–H groups in total. The van der Waals surface area contributed by atoms with Crippen molar-refractivity contribution in [3.63, 3.8) is 0 Å². The number of rotatable bonds is 4. The topological polar surface area (TPSA) is 68.2 Å². The van der Waals surface area contributed by atoms with Gasteiger partial charge in [0.15, 0.2) is 0 Å². The highest BCUT2D eigenvalue weighted by molar-refractivity contribution is 5.76. The highest BCUT2D eigenvalue weighted by Gasteiger charge is 2.26. The molecule has 1 atom stereocenters. The molecule has 6 nitrogen and oxygen atoms in total. The average Bonchev–Trinajstić information content (AvgIpc) is 2.60. The SMILES string of the molecule is Cc1cc([C@H]2CN(C(=O)CCc3cccnc3)CCO2)nc(C)n1. The Kier molecular flexibility index (Phi) is 5.15. The number of hydrogen-bond acceptors (Lipinski definition) is 5. The van der Waals surface area contributed by atoms with Crippen LogP contribution in [-0.4, -0.2) is 45.5 Å². The normalized spacial score (nSPS) is 17.8. The third kappa shape index (κ3) is 4.14. The van der Waals surface area contributed by atoms with Gasteiger partial charge in [0.2, 0.25) is 5.91 Å². The smallest absolute Gasteiger partial charge is 0.223 e. The zero-order valence-corrected chi connectivity index (χ0v) is 14.1. The van der Waals surface area contributed by atoms with E-state index >= 15 is 0 Å². The summed E-state index contributed by atoms with van der Waals surface area (Å²) >= 11 is 0. The van der Waals surface area contributed by atoms with Crippen LogP contribution in [0.1, 0.15) is 35.3 Å². The second-order valence-electron chi connectivity index (χ2n) is 6.04. The number of carbonyl (C=O) groups excluding carboxylic acids is 1. The molecule has 2 aromatic heterocycles. The number of aromatic nitrogens is 3. The van der Waals surface area contributed by atoms with E-state index in [-0.39, 0.29) is 12.0 Å². The lowest BCUT2D eigenvalue weighted by molar-refractivity contribution is -0.139. The van der Waals surface area contributed by atoms with Gasteiger partial charge in [-0.15, -0.1) is 0 Å². The van der Waals surface area contributed by atoms with Crippen molar-refractivity contribution >= 4 is 5.91 Å². The zero-order valence-electron chi connectivity index (χ0n) is 14.1. The van der Waals surface area contributed by atoms with E-state index in [9.17, 15) is 4.79 Å². The number of nitrogens with zero attached hydrogens (tertiary/aromatic N) is 4. The molecule has 126 valence electrons. The van der Waals surface area contributed by atoms with Crippen molar-refractivity contribution in [2.24, 2.45) is 0 Å². The Balaban J connectivity index is 1.61. The number of pyridine rings is 1. The van der Waals surface area contributed by atoms with E-state index in [4.69, 9.17) is 4.74 Å². The van der Waals surface area contributed by atoms with Crippen LogP contribution in [0, 0.1) is 13.8 Å². The third-order valence-corrected chi connectivity index (χ3v) is 4.09. The molecule has 0 aromatic carbocycles. The van der Waals surface area contributed by atoms with Crippen molar-refractivity contribution in [1.82, 2.24) is 19.9 Å². The predicted octanol–water partition coefficient (Wildman–Crippen LogP) is 2.02. The number of aryl methyl sites for hydroxylation is 3. The summed E-state index contributed by atoms with van der Waals surface area (Å²) in [5.41, 5.74) is 2.85. The predicted molar refractivity (Wildman–Crippen MR) is 89.3 cm³/mol. The number of carbonyl (C=O) groups is 1. The summed E-state index contributed by atoms with van der Waals surface area (Å²) in [6, 6.07) is 5.82. The molecular formula is C18H22N4O2. The Morgan fingerprint density at radius 3 is 3.00 bits per heavy atom. The minimum atomic E-state index is -0.179. The summed E-state index contributed by atoms with van der Waals surface area (Å²) in [6.07, 6.45) is 4.56. The van der Waals surface area contributed by atoms with Gasteiger partial charge in [0.25, 0.3) is 0 Å². The number of hydrogen-bond donors (Lipinski definition) is 0. The summed E-state index contributed by atoms with van der Waals surface area (Å²) in [5.74, 6) is 0.878. The first-order valence-electron chi connectivity index (χ1n) is 8.22. The van der Waals surface area contributed by atoms with Gasteiger partial charge in [-0.25, -0.2) is 9.97 Å². The van der Waals surface area contributed by atoms with Crippen molar-refractivity contribution in [2.45, 2.75) is 32.8 Å². The van der Waals surface area contributed by atoms with E-state index in [1.54, 1.807) is 6.20 Å². The first-order chi connectivity index (χ1) is 11.6. The van der Waals surface area contributed by atoms with Gasteiger partial charge in [0, 0.05) is 31.1 Å². The maximum Gasteiger partial charge on any atom is 0.223 e. The van der Waals surface area contributed by atoms with Crippen LogP contribution in [0.25, 0.3) is 0 Å². The van der Waals surface area contributed by atoms with Gasteiger partial charge in [-0.1, -0.05) is 6.07 Å². The maximum absolute atomic E-state index is 12.5. The van der Waals surface area contributed by atoms with E-state index in [1.807, 2.05) is 43.1 Å². The van der Waals surface area contributed by atoms with E-state index < -0.39 is 0 Å². The summed E-state index contributed by atoms with van der Waals surface area (Å²) in [5, 5.41) is 0. The molecule has 2 aromatic rings. The molecular weight excluding hydrogens is 304 g/mol. The molecule has 0 unspecified atom stereocenters. The molecule has 3 heterocycles. The van der Waals surface area contributed by atoms with E-state index in [2.05, 4.69) is 15.0 Å². The largest absolute Gasteiger partial charge is 0.368 e. The third-order valence-electron chi connectivity index (χ3n) is 4.09. The Hall–Kier alpha value is -2.34. The molecule has 3 rings (SSSR count). The van der Waals surface area contributed by atoms with Crippen LogP contribution in [0.4, 0.5) is 0 Å². The first-order valence-corrected chi connectivity index (χ1v) is 8.22. The molecule has 24 heavy (non-hydrogen) atoms. The van der Waals surface area contributed by atoms with Gasteiger partial charge in [0.05, 0.1) is 18.8 Å². The van der Waals surface area contributed by atoms with Crippen LogP contribution in [0.5, 0.6) is 0 Å². The van der Waals surface area contributed by atoms with Gasteiger partial charge in [-0.2, -0.15) is 0 Å². The summed E-state index contributed by atoms with van der Waals surface area (Å²) in [7, 11) is 0. The molecule has 6 heteroatoms. The summed E-state index contributed by atoms with van der Waals surface area (Å²) in [4.78, 5) is 27.2. The molecule has 1 aliphatic heterocycles. The van der Waals surface area contributed by atoms with Crippen LogP contribution in [-0.2, 0) is 16.0 Å². The highest BCUT2D eigenvalue weighted by Crippen LogP contribution is 2.22. The lowest BCUT2D eigenvalue weighted by atomic mass is 10.1. The Labute approximate surface area is 141 Å². The maximum atomic E-state index is 12.5. The molecule has 1 amide bonds. The molecule has 1 aliphatic rings. The van der Waals surface area contributed by atoms with Crippen molar-refractivity contribution in [1.29, 1.82) is 0 Å². The zero-order chi connectivity index (χ0) is 16.9. The van der Waals surface area contributed by atoms with E-state index in [1.165, 1.54) is 0 Å². The van der Waals surface area contributed by atoms with Crippen molar-refractivity contribution in [2.75, 3.05) is 19.7 Å². The molecule has 1 saturated heterocycles. The Bertz CT molecular complexity index is 685. The van der Waals surface area contributed by atoms with Gasteiger partial charge in [0.1, 0.15) is 11.9 Å². The fourth-order valence-corrected chi connectivity index (χ4v) is 2.92. The fourth-order valence-electron chi connectivity index (χ4n) is 2.92. The van der Waals surface area contributed by atoms with E-state index in [0.717, 1.165) is 22.8 Å². The van der Waals surface area contributed by atoms with Crippen LogP contribution in [0.15, 0.2) is 30.6 Å². The van der Waals surface area contributed by atoms with Gasteiger partial charge in [-0.05, 0) is 38.0 Å². The number of amides is 1. The van der Waals surface area contributed by atoms with Crippen LogP contribution >= 0.6 is 0 Å². The van der Waals surface area contributed by atoms with Crippen LogP contribution in [0.3, 0.4) is 0 Å². The number of ether oxygens (including phenoxy) is 1. The molecule has 0 bridgehead atoms. The van der Waals surface area contributed by atoms with Gasteiger partial charge < -0.3 is 9.64 Å². The quantitative estimate of drug-likeness (QED) is 0.860. The minimum absolute atomic E-state index is 0.148. The lowest BCUT2D eigenvalue weighted by Crippen LogP contribution is -2.42. The minimum Gasteiger partial charge on any atom is -0.368 e. The molecule has 0 aliphatic carbocycles. The van der Waals surface area contributed by atoms with E-state index in [0.29, 0.717) is 32.5 Å². The molecule has 0 radical (unpaired) electrons. The summed E-state index contributed by atoms with van der Waals surface area (Å²) in [6.45, 7) is 5.52. The monoisotopic (exact) mass is 326 g/mol. The summed E-state index contributed by atoms with van der Waals surface area (Å²) < 4.78 is 5.82. The molecule has 0 spiro atoms. The highest BCUT2D eigenvalue weighted by atomic mass is 16.5. The Morgan fingerprint density at radius 1 is 1.38 bits per heavy atom. The second-order valence-corrected chi connectivity index (χ2v) is 6.04. The van der Waals surface area contributed by atoms with Crippen molar-refractivity contribution < 1.29 is 9.53 Å². The second kappa shape index (κ2) is 7.49. The fraction of sp³-hybridized carbons (Fsp3) is 0.444. The molecule has 0 saturated carbocycles. The number of morpholine rings is 1. The van der Waals surface area contributed by atoms with Crippen molar-refractivity contribution in [3.8, 4) is 0 Å². The van der Waals surface area contributed by atoms with Gasteiger partial charge >= 0.3 is 0 Å². The van der Waals surface area contributed by atoms with Gasteiger partial charge in [-0.3, -0.25) is 9.78 Å². The van der Waals surface area contributed by atoms with Crippen molar-refractivity contribution in [3.05, 3.63) is 53.4 Å². The lowest BCUT2D eigenvalue weighted by Gasteiger charge is -2.33.